The Morgan fingerprint density at radius 2 is 1.77 bits per heavy atom. The van der Waals surface area contributed by atoms with E-state index in [9.17, 15) is 9.90 Å². The van der Waals surface area contributed by atoms with Crippen LogP contribution < -0.4 is 10.5 Å². The number of pyridine rings is 1. The molecule has 5 nitrogen and oxygen atoms in total. The van der Waals surface area contributed by atoms with Gasteiger partial charge in [-0.05, 0) is 36.6 Å². The Hall–Kier alpha value is -3.08. The molecule has 1 aromatic heterocycles. The number of aromatic hydroxyl groups is 1. The van der Waals surface area contributed by atoms with Crippen molar-refractivity contribution in [2.24, 2.45) is 4.99 Å². The van der Waals surface area contributed by atoms with Gasteiger partial charge in [-0.15, -0.1) is 0 Å². The van der Waals surface area contributed by atoms with Gasteiger partial charge >= 0.3 is 0 Å². The van der Waals surface area contributed by atoms with Crippen molar-refractivity contribution in [1.29, 1.82) is 0 Å². The molecule has 0 aliphatic rings. The van der Waals surface area contributed by atoms with E-state index in [0.717, 1.165) is 12.8 Å². The zero-order valence-electron chi connectivity index (χ0n) is 15.1. The lowest BCUT2D eigenvalue weighted by molar-refractivity contribution is 0.452. The molecule has 5 heteroatoms. The fourth-order valence-electron chi connectivity index (χ4n) is 2.91. The highest BCUT2D eigenvalue weighted by atomic mass is 16.3. The van der Waals surface area contributed by atoms with Crippen LogP contribution in [0, 0.1) is 0 Å². The number of aromatic amines is 1. The maximum atomic E-state index is 11.9. The van der Waals surface area contributed by atoms with E-state index in [2.05, 4.69) is 39.1 Å². The van der Waals surface area contributed by atoms with Crippen molar-refractivity contribution in [3.05, 3.63) is 70.0 Å². The third-order valence-electron chi connectivity index (χ3n) is 4.37. The Morgan fingerprint density at radius 3 is 2.46 bits per heavy atom. The number of aryl methyl sites for hydroxylation is 1. The number of nitrogens with one attached hydrogen (secondary N) is 1. The SMILES string of the molecule is CN(C)c1ccc(CCCN=Cc2c(O)[nH]c(=O)c3ccccc23)cc1. The van der Waals surface area contributed by atoms with Crippen LogP contribution in [0.1, 0.15) is 17.5 Å². The van der Waals surface area contributed by atoms with Gasteiger partial charge in [-0.25, -0.2) is 0 Å². The second-order valence-corrected chi connectivity index (χ2v) is 6.46. The Kier molecular flexibility index (Phi) is 5.37. The van der Waals surface area contributed by atoms with Crippen LogP contribution >= 0.6 is 0 Å². The lowest BCUT2D eigenvalue weighted by Crippen LogP contribution is -2.08. The summed E-state index contributed by atoms with van der Waals surface area (Å²) in [5.41, 5.74) is 2.72. The normalized spacial score (nSPS) is 11.3. The molecule has 0 bridgehead atoms. The fraction of sp³-hybridized carbons (Fsp3) is 0.238. The third kappa shape index (κ3) is 3.94. The summed E-state index contributed by atoms with van der Waals surface area (Å²) >= 11 is 0. The fourth-order valence-corrected chi connectivity index (χ4v) is 2.91. The summed E-state index contributed by atoms with van der Waals surface area (Å²) in [4.78, 5) is 20.9. The quantitative estimate of drug-likeness (QED) is 0.530. The molecule has 0 aliphatic carbocycles. The smallest absolute Gasteiger partial charge is 0.258 e. The van der Waals surface area contributed by atoms with Gasteiger partial charge in [0.1, 0.15) is 0 Å². The molecular weight excluding hydrogens is 326 g/mol. The van der Waals surface area contributed by atoms with Gasteiger partial charge in [0.05, 0.1) is 5.56 Å². The van der Waals surface area contributed by atoms with Crippen LogP contribution in [0.15, 0.2) is 58.3 Å². The molecule has 0 spiro atoms. The molecule has 0 radical (unpaired) electrons. The number of benzene rings is 2. The number of H-pyrrole nitrogens is 1. The minimum Gasteiger partial charge on any atom is -0.494 e. The van der Waals surface area contributed by atoms with Crippen molar-refractivity contribution in [1.82, 2.24) is 4.98 Å². The van der Waals surface area contributed by atoms with Crippen molar-refractivity contribution in [3.8, 4) is 5.88 Å². The topological polar surface area (TPSA) is 68.7 Å². The molecular formula is C21H23N3O2. The zero-order chi connectivity index (χ0) is 18.5. The summed E-state index contributed by atoms with van der Waals surface area (Å²) in [6.07, 6.45) is 3.51. The second-order valence-electron chi connectivity index (χ2n) is 6.46. The third-order valence-corrected chi connectivity index (χ3v) is 4.37. The molecule has 0 fully saturated rings. The molecule has 0 amide bonds. The van der Waals surface area contributed by atoms with Crippen molar-refractivity contribution in [3.63, 3.8) is 0 Å². The average molecular weight is 349 g/mol. The molecule has 0 aliphatic heterocycles. The summed E-state index contributed by atoms with van der Waals surface area (Å²) < 4.78 is 0. The van der Waals surface area contributed by atoms with Gasteiger partial charge in [0.25, 0.3) is 5.56 Å². The van der Waals surface area contributed by atoms with Gasteiger partial charge in [-0.2, -0.15) is 0 Å². The summed E-state index contributed by atoms with van der Waals surface area (Å²) in [6.45, 7) is 0.655. The van der Waals surface area contributed by atoms with Crippen molar-refractivity contribution < 1.29 is 5.11 Å². The lowest BCUT2D eigenvalue weighted by Gasteiger charge is -2.12. The number of anilines is 1. The monoisotopic (exact) mass is 349 g/mol. The number of rotatable bonds is 6. The molecule has 3 rings (SSSR count). The number of aliphatic imine (C=N–C) groups is 1. The maximum Gasteiger partial charge on any atom is 0.258 e. The van der Waals surface area contributed by atoms with E-state index in [0.29, 0.717) is 22.9 Å². The molecule has 134 valence electrons. The Labute approximate surface area is 152 Å². The van der Waals surface area contributed by atoms with Crippen LogP contribution in [-0.4, -0.2) is 36.9 Å². The van der Waals surface area contributed by atoms with Crippen molar-refractivity contribution in [2.45, 2.75) is 12.8 Å². The van der Waals surface area contributed by atoms with Crippen LogP contribution in [0.4, 0.5) is 5.69 Å². The van der Waals surface area contributed by atoms with Gasteiger partial charge < -0.3 is 10.0 Å². The molecule has 0 atom stereocenters. The molecule has 2 aromatic carbocycles. The molecule has 0 saturated heterocycles. The minimum atomic E-state index is -0.295. The maximum absolute atomic E-state index is 11.9. The predicted molar refractivity (Wildman–Crippen MR) is 108 cm³/mol. The summed E-state index contributed by atoms with van der Waals surface area (Å²) in [6, 6.07) is 15.7. The first-order chi connectivity index (χ1) is 12.6. The largest absolute Gasteiger partial charge is 0.494 e. The molecule has 3 aromatic rings. The van der Waals surface area contributed by atoms with Gasteiger partial charge in [-0.3, -0.25) is 14.8 Å². The highest BCUT2D eigenvalue weighted by Crippen LogP contribution is 2.20. The first-order valence-corrected chi connectivity index (χ1v) is 8.66. The summed E-state index contributed by atoms with van der Waals surface area (Å²) in [5, 5.41) is 11.3. The number of hydrogen-bond acceptors (Lipinski definition) is 4. The van der Waals surface area contributed by atoms with E-state index < -0.39 is 0 Å². The van der Waals surface area contributed by atoms with E-state index in [4.69, 9.17) is 0 Å². The van der Waals surface area contributed by atoms with Gasteiger partial charge in [0, 0.05) is 43.3 Å². The Balaban J connectivity index is 1.64. The number of aromatic nitrogens is 1. The molecule has 1 heterocycles. The van der Waals surface area contributed by atoms with E-state index in [1.807, 2.05) is 26.2 Å². The van der Waals surface area contributed by atoms with Crippen LogP contribution in [0.3, 0.4) is 0 Å². The number of fused-ring (bicyclic) bond motifs is 1. The molecule has 26 heavy (non-hydrogen) atoms. The average Bonchev–Trinajstić information content (AvgIpc) is 2.64. The Bertz CT molecular complexity index is 973. The van der Waals surface area contributed by atoms with Crippen LogP contribution in [0.25, 0.3) is 10.8 Å². The zero-order valence-corrected chi connectivity index (χ0v) is 15.1. The standard InChI is InChI=1S/C21H23N3O2/c1-24(2)16-11-9-15(10-12-16)6-5-13-22-14-19-17-7-3-4-8-18(17)20(25)23-21(19)26/h3-4,7-12,14H,5-6,13H2,1-2H3,(H2,23,25,26). The minimum absolute atomic E-state index is 0.142. The molecule has 0 saturated carbocycles. The van der Waals surface area contributed by atoms with Gasteiger partial charge in [-0.1, -0.05) is 30.3 Å². The predicted octanol–water partition coefficient (Wildman–Crippen LogP) is 3.35. The number of hydrogen-bond donors (Lipinski definition) is 2. The van der Waals surface area contributed by atoms with Gasteiger partial charge in [0.15, 0.2) is 0 Å². The van der Waals surface area contributed by atoms with Crippen molar-refractivity contribution >= 4 is 22.7 Å². The highest BCUT2D eigenvalue weighted by molar-refractivity contribution is 6.01. The van der Waals surface area contributed by atoms with E-state index >= 15 is 0 Å². The molecule has 2 N–H and O–H groups in total. The Morgan fingerprint density at radius 1 is 1.08 bits per heavy atom. The first-order valence-electron chi connectivity index (χ1n) is 8.66. The number of nitrogens with zero attached hydrogens (tertiary/aromatic N) is 2. The summed E-state index contributed by atoms with van der Waals surface area (Å²) in [7, 11) is 4.05. The molecule has 0 unspecified atom stereocenters. The van der Waals surface area contributed by atoms with Crippen LogP contribution in [0.2, 0.25) is 0 Å². The highest BCUT2D eigenvalue weighted by Gasteiger charge is 2.08. The van der Waals surface area contributed by atoms with Crippen LogP contribution in [-0.2, 0) is 6.42 Å². The van der Waals surface area contributed by atoms with E-state index in [-0.39, 0.29) is 11.4 Å². The second kappa shape index (κ2) is 7.87. The lowest BCUT2D eigenvalue weighted by atomic mass is 10.1. The summed E-state index contributed by atoms with van der Waals surface area (Å²) in [5.74, 6) is -0.142. The van der Waals surface area contributed by atoms with Gasteiger partial charge in [0.2, 0.25) is 5.88 Å². The van der Waals surface area contributed by atoms with E-state index in [1.54, 1.807) is 18.3 Å². The van der Waals surface area contributed by atoms with Crippen LogP contribution in [0.5, 0.6) is 5.88 Å². The first kappa shape index (κ1) is 17.7. The van der Waals surface area contributed by atoms with Crippen molar-refractivity contribution in [2.75, 3.05) is 25.5 Å². The van der Waals surface area contributed by atoms with E-state index in [1.165, 1.54) is 11.3 Å².